The van der Waals surface area contributed by atoms with Crippen LogP contribution in [0.5, 0.6) is 0 Å². The summed E-state index contributed by atoms with van der Waals surface area (Å²) in [6, 6.07) is 36.3. The van der Waals surface area contributed by atoms with Gasteiger partial charge in [0.1, 0.15) is 0 Å². The van der Waals surface area contributed by atoms with Gasteiger partial charge in [-0.05, 0) is 58.0 Å². The molecule has 176 valence electrons. The molecular formula is C34H31NSi. The maximum Gasteiger partial charge on any atom is 0.0724 e. The lowest BCUT2D eigenvalue weighted by Gasteiger charge is -2.36. The molecule has 0 amide bonds. The Hall–Kier alpha value is -3.62. The summed E-state index contributed by atoms with van der Waals surface area (Å²) in [7, 11) is 0.276. The molecule has 0 spiro atoms. The highest BCUT2D eigenvalue weighted by Gasteiger charge is 2.49. The molecule has 36 heavy (non-hydrogen) atoms. The molecule has 7 rings (SSSR count). The summed E-state index contributed by atoms with van der Waals surface area (Å²) < 4.78 is 2.45. The van der Waals surface area contributed by atoms with E-state index >= 15 is 0 Å². The van der Waals surface area contributed by atoms with Crippen molar-refractivity contribution in [2.24, 2.45) is 7.05 Å². The van der Waals surface area contributed by atoms with Crippen LogP contribution in [0.15, 0.2) is 103 Å². The van der Waals surface area contributed by atoms with Crippen LogP contribution in [0.3, 0.4) is 0 Å². The molecule has 2 atom stereocenters. The van der Waals surface area contributed by atoms with Gasteiger partial charge in [0.2, 0.25) is 0 Å². The van der Waals surface area contributed by atoms with Crippen molar-refractivity contribution >= 4 is 24.5 Å². The van der Waals surface area contributed by atoms with Gasteiger partial charge in [0, 0.05) is 29.1 Å². The van der Waals surface area contributed by atoms with Crippen molar-refractivity contribution in [2.45, 2.75) is 31.1 Å². The molecule has 1 nitrogen and oxygen atoms in total. The predicted molar refractivity (Wildman–Crippen MR) is 155 cm³/mol. The zero-order valence-corrected chi connectivity index (χ0v) is 22.4. The Balaban J connectivity index is 1.48. The first-order valence-corrected chi connectivity index (χ1v) is 16.2. The topological polar surface area (TPSA) is 4.93 Å². The van der Waals surface area contributed by atoms with Gasteiger partial charge in [0.25, 0.3) is 0 Å². The van der Waals surface area contributed by atoms with Crippen molar-refractivity contribution < 1.29 is 0 Å². The van der Waals surface area contributed by atoms with Crippen LogP contribution in [0, 0.1) is 6.92 Å². The summed E-state index contributed by atoms with van der Waals surface area (Å²) in [5.41, 5.74) is 15.2. The molecule has 2 aliphatic carbocycles. The van der Waals surface area contributed by atoms with Crippen LogP contribution in [0.1, 0.15) is 44.5 Å². The second-order valence-electron chi connectivity index (χ2n) is 11.2. The van der Waals surface area contributed by atoms with Crippen molar-refractivity contribution in [3.63, 3.8) is 0 Å². The van der Waals surface area contributed by atoms with E-state index in [2.05, 4.69) is 135 Å². The number of nitrogens with zero attached hydrogens (tertiary/aromatic N) is 1. The van der Waals surface area contributed by atoms with E-state index in [9.17, 15) is 0 Å². The third kappa shape index (κ3) is 2.88. The fourth-order valence-corrected chi connectivity index (χ4v) is 11.2. The number of aryl methyl sites for hydroxylation is 2. The molecule has 0 bridgehead atoms. The highest BCUT2D eigenvalue weighted by Crippen LogP contribution is 2.57. The molecule has 2 heteroatoms. The molecule has 2 unspecified atom stereocenters. The summed E-state index contributed by atoms with van der Waals surface area (Å²) in [5.74, 6) is 0. The second kappa shape index (κ2) is 7.69. The Labute approximate surface area is 214 Å². The molecule has 0 N–H and O–H groups in total. The van der Waals surface area contributed by atoms with Crippen LogP contribution in [0.2, 0.25) is 13.1 Å². The summed E-state index contributed by atoms with van der Waals surface area (Å²) in [6.07, 6.45) is 2.61. The third-order valence-corrected chi connectivity index (χ3v) is 12.9. The fourth-order valence-electron chi connectivity index (χ4n) is 7.12. The van der Waals surface area contributed by atoms with E-state index in [0.29, 0.717) is 11.1 Å². The van der Waals surface area contributed by atoms with Crippen molar-refractivity contribution in [3.8, 4) is 11.3 Å². The number of allylic oxidation sites excluding steroid dienone is 1. The van der Waals surface area contributed by atoms with E-state index < -0.39 is 8.07 Å². The van der Waals surface area contributed by atoms with Gasteiger partial charge in [-0.15, -0.1) is 0 Å². The van der Waals surface area contributed by atoms with E-state index in [1.807, 2.05) is 0 Å². The maximum atomic E-state index is 2.63. The second-order valence-corrected chi connectivity index (χ2v) is 16.0. The van der Waals surface area contributed by atoms with Gasteiger partial charge >= 0.3 is 0 Å². The lowest BCUT2D eigenvalue weighted by Crippen LogP contribution is -2.41. The predicted octanol–water partition coefficient (Wildman–Crippen LogP) is 8.61. The van der Waals surface area contributed by atoms with Crippen molar-refractivity contribution in [1.82, 2.24) is 4.57 Å². The van der Waals surface area contributed by atoms with Crippen LogP contribution in [-0.2, 0) is 7.05 Å². The number of hydrogen-bond acceptors (Lipinski definition) is 0. The smallest absolute Gasteiger partial charge is 0.0724 e. The average molecular weight is 482 g/mol. The molecule has 0 aliphatic heterocycles. The lowest BCUT2D eigenvalue weighted by molar-refractivity contribution is 0.974. The molecule has 2 aliphatic rings. The molecule has 0 saturated carbocycles. The fraction of sp³-hybridized carbons (Fsp3) is 0.176. The number of benzene rings is 4. The molecular weight excluding hydrogens is 450 g/mol. The van der Waals surface area contributed by atoms with Gasteiger partial charge in [0.05, 0.1) is 13.8 Å². The molecule has 0 saturated heterocycles. The van der Waals surface area contributed by atoms with Gasteiger partial charge in [-0.1, -0.05) is 110 Å². The minimum atomic E-state index is -1.98. The van der Waals surface area contributed by atoms with Crippen LogP contribution < -0.4 is 0 Å². The third-order valence-electron chi connectivity index (χ3n) is 8.76. The van der Waals surface area contributed by atoms with E-state index in [0.717, 1.165) is 0 Å². The van der Waals surface area contributed by atoms with Crippen LogP contribution in [-0.4, -0.2) is 12.6 Å². The minimum Gasteiger partial charge on any atom is -0.343 e. The lowest BCUT2D eigenvalue weighted by atomic mass is 9.99. The quantitative estimate of drug-likeness (QED) is 0.227. The van der Waals surface area contributed by atoms with Gasteiger partial charge in [-0.2, -0.15) is 0 Å². The Kier molecular flexibility index (Phi) is 4.62. The van der Waals surface area contributed by atoms with E-state index in [-0.39, 0.29) is 0 Å². The van der Waals surface area contributed by atoms with E-state index in [4.69, 9.17) is 0 Å². The Bertz CT molecular complexity index is 1690. The average Bonchev–Trinajstić information content (AvgIpc) is 3.54. The standard InChI is InChI=1S/C34H31NSi/c1-22-18-19-30-29(20-22)32-33(35(30)2)26-16-10-11-17-27(26)34(32)36(3,4)31-21-28(23-12-6-5-7-13-23)24-14-8-9-15-25(24)31/h5-21,31,34H,1-4H3. The molecule has 5 aromatic rings. The maximum absolute atomic E-state index is 2.63. The van der Waals surface area contributed by atoms with Crippen molar-refractivity contribution in [1.29, 1.82) is 0 Å². The Morgan fingerprint density at radius 1 is 0.722 bits per heavy atom. The Morgan fingerprint density at radius 3 is 2.17 bits per heavy atom. The van der Waals surface area contributed by atoms with Gasteiger partial charge in [-0.3, -0.25) is 0 Å². The minimum absolute atomic E-state index is 0.443. The summed E-state index contributed by atoms with van der Waals surface area (Å²) in [4.78, 5) is 0. The number of aromatic nitrogens is 1. The van der Waals surface area contributed by atoms with Crippen LogP contribution in [0.25, 0.3) is 27.7 Å². The molecule has 4 aromatic carbocycles. The summed E-state index contributed by atoms with van der Waals surface area (Å²) in [6.45, 7) is 7.48. The highest BCUT2D eigenvalue weighted by atomic mass is 28.3. The van der Waals surface area contributed by atoms with E-state index in [1.54, 1.807) is 5.56 Å². The molecule has 0 radical (unpaired) electrons. The summed E-state index contributed by atoms with van der Waals surface area (Å²) >= 11 is 0. The van der Waals surface area contributed by atoms with E-state index in [1.165, 1.54) is 55.6 Å². The van der Waals surface area contributed by atoms with Gasteiger partial charge in [0.15, 0.2) is 0 Å². The molecule has 0 fully saturated rings. The first-order valence-electron chi connectivity index (χ1n) is 13.0. The zero-order valence-electron chi connectivity index (χ0n) is 21.4. The first-order chi connectivity index (χ1) is 17.5. The van der Waals surface area contributed by atoms with Gasteiger partial charge < -0.3 is 4.57 Å². The number of rotatable bonds is 3. The molecule has 1 aromatic heterocycles. The first kappa shape index (κ1) is 21.6. The molecule has 1 heterocycles. The monoisotopic (exact) mass is 481 g/mol. The normalized spacial score (nSPS) is 18.2. The van der Waals surface area contributed by atoms with Gasteiger partial charge in [-0.25, -0.2) is 0 Å². The SMILES string of the molecule is Cc1ccc2c(c1)c1c(n2C)-c2ccccc2C1[Si](C)(C)C1C=C(c2ccccc2)c2ccccc21. The Morgan fingerprint density at radius 2 is 1.39 bits per heavy atom. The summed E-state index contributed by atoms with van der Waals surface area (Å²) in [5, 5.41) is 1.44. The van der Waals surface area contributed by atoms with Crippen LogP contribution >= 0.6 is 0 Å². The largest absolute Gasteiger partial charge is 0.343 e. The number of hydrogen-bond donors (Lipinski definition) is 0. The number of fused-ring (bicyclic) bond motifs is 6. The highest BCUT2D eigenvalue weighted by molar-refractivity contribution is 6.82. The van der Waals surface area contributed by atoms with Crippen LogP contribution in [0.4, 0.5) is 0 Å². The van der Waals surface area contributed by atoms with Crippen molar-refractivity contribution in [2.75, 3.05) is 0 Å². The zero-order chi connectivity index (χ0) is 24.6. The van der Waals surface area contributed by atoms with Crippen molar-refractivity contribution in [3.05, 3.63) is 137 Å².